The molecule has 1 aromatic carbocycles. The zero-order chi connectivity index (χ0) is 11.6. The van der Waals surface area contributed by atoms with E-state index in [1.54, 1.807) is 7.11 Å². The fourth-order valence-electron chi connectivity index (χ4n) is 1.82. The number of aryl methyl sites for hydroxylation is 2. The van der Waals surface area contributed by atoms with E-state index in [9.17, 15) is 4.79 Å². The third-order valence-electron chi connectivity index (χ3n) is 2.72. The molecule has 2 N–H and O–H groups in total. The van der Waals surface area contributed by atoms with Gasteiger partial charge in [0.15, 0.2) is 0 Å². The van der Waals surface area contributed by atoms with Crippen LogP contribution in [0.4, 0.5) is 0 Å². The van der Waals surface area contributed by atoms with Gasteiger partial charge in [-0.05, 0) is 37.5 Å². The van der Waals surface area contributed by atoms with Crippen molar-refractivity contribution >= 4 is 6.29 Å². The molecule has 1 aromatic rings. The minimum absolute atomic E-state index is 0.612. The lowest BCUT2D eigenvalue weighted by Crippen LogP contribution is -2.15. The van der Waals surface area contributed by atoms with E-state index in [0.717, 1.165) is 34.3 Å². The molecule has 0 amide bonds. The van der Waals surface area contributed by atoms with Crippen molar-refractivity contribution in [1.29, 1.82) is 0 Å². The maximum Gasteiger partial charge on any atom is 0.141 e. The summed E-state index contributed by atoms with van der Waals surface area (Å²) in [5.41, 5.74) is 9.71. The van der Waals surface area contributed by atoms with Gasteiger partial charge in [-0.25, -0.2) is 0 Å². The van der Waals surface area contributed by atoms with Crippen LogP contribution in [0, 0.1) is 20.8 Å². The second-order valence-corrected chi connectivity index (χ2v) is 3.74. The highest BCUT2D eigenvalue weighted by molar-refractivity contribution is 5.66. The molecule has 0 aromatic heterocycles. The van der Waals surface area contributed by atoms with Crippen molar-refractivity contribution in [3.05, 3.63) is 28.3 Å². The number of ether oxygens (including phenoxy) is 1. The number of hydrogen-bond donors (Lipinski definition) is 1. The number of carbonyl (C=O) groups is 1. The lowest BCUT2D eigenvalue weighted by Gasteiger charge is -2.18. The number of nitrogens with two attached hydrogens (primary N) is 1. The van der Waals surface area contributed by atoms with Crippen molar-refractivity contribution in [3.8, 4) is 5.75 Å². The highest BCUT2D eigenvalue weighted by Crippen LogP contribution is 2.32. The fourth-order valence-corrected chi connectivity index (χ4v) is 1.82. The highest BCUT2D eigenvalue weighted by Gasteiger charge is 2.17. The highest BCUT2D eigenvalue weighted by atomic mass is 16.5. The van der Waals surface area contributed by atoms with Gasteiger partial charge in [0, 0.05) is 5.56 Å². The average Bonchev–Trinajstić information content (AvgIpc) is 2.21. The zero-order valence-corrected chi connectivity index (χ0v) is 9.63. The number of hydrogen-bond acceptors (Lipinski definition) is 3. The van der Waals surface area contributed by atoms with Crippen molar-refractivity contribution in [3.63, 3.8) is 0 Å². The first-order valence-electron chi connectivity index (χ1n) is 4.88. The van der Waals surface area contributed by atoms with Crippen LogP contribution in [0.3, 0.4) is 0 Å². The van der Waals surface area contributed by atoms with Gasteiger partial charge in [-0.3, -0.25) is 0 Å². The molecular weight excluding hydrogens is 190 g/mol. The lowest BCUT2D eigenvalue weighted by molar-refractivity contribution is -0.109. The van der Waals surface area contributed by atoms with E-state index >= 15 is 0 Å². The van der Waals surface area contributed by atoms with Gasteiger partial charge in [-0.2, -0.15) is 0 Å². The van der Waals surface area contributed by atoms with Gasteiger partial charge >= 0.3 is 0 Å². The molecule has 0 heterocycles. The van der Waals surface area contributed by atoms with E-state index in [-0.39, 0.29) is 0 Å². The van der Waals surface area contributed by atoms with Crippen LogP contribution in [0.5, 0.6) is 5.75 Å². The number of aldehydes is 1. The first-order valence-corrected chi connectivity index (χ1v) is 4.88. The Labute approximate surface area is 90.2 Å². The minimum Gasteiger partial charge on any atom is -0.496 e. The third-order valence-corrected chi connectivity index (χ3v) is 2.72. The molecule has 0 radical (unpaired) electrons. The maximum atomic E-state index is 10.7. The smallest absolute Gasteiger partial charge is 0.141 e. The van der Waals surface area contributed by atoms with Crippen LogP contribution < -0.4 is 10.5 Å². The second kappa shape index (κ2) is 4.45. The molecule has 0 aliphatic carbocycles. The summed E-state index contributed by atoms with van der Waals surface area (Å²) in [5.74, 6) is 0.729. The molecule has 0 saturated carbocycles. The topological polar surface area (TPSA) is 52.3 Å². The Morgan fingerprint density at radius 3 is 2.40 bits per heavy atom. The van der Waals surface area contributed by atoms with Crippen molar-refractivity contribution < 1.29 is 9.53 Å². The summed E-state index contributed by atoms with van der Waals surface area (Å²) in [7, 11) is 1.60. The molecule has 0 fully saturated rings. The Balaban J connectivity index is 3.48. The minimum atomic E-state index is -0.612. The van der Waals surface area contributed by atoms with Crippen LogP contribution in [0.15, 0.2) is 6.07 Å². The normalized spacial score (nSPS) is 12.3. The standard InChI is InChI=1S/C12H17NO2/c1-7-5-8(2)11(10(13)6-14)12(15-4)9(7)3/h5-6,10H,13H2,1-4H3. The Kier molecular flexibility index (Phi) is 3.48. The first kappa shape index (κ1) is 11.7. The Morgan fingerprint density at radius 2 is 1.93 bits per heavy atom. The summed E-state index contributed by atoms with van der Waals surface area (Å²) in [6, 6.07) is 1.41. The Bertz CT molecular complexity index is 386. The van der Waals surface area contributed by atoms with E-state index in [2.05, 4.69) is 0 Å². The molecular formula is C12H17NO2. The molecule has 1 unspecified atom stereocenters. The Morgan fingerprint density at radius 1 is 1.33 bits per heavy atom. The van der Waals surface area contributed by atoms with E-state index in [1.165, 1.54) is 0 Å². The van der Waals surface area contributed by atoms with Gasteiger partial charge in [0.25, 0.3) is 0 Å². The predicted molar refractivity (Wildman–Crippen MR) is 60.2 cm³/mol. The zero-order valence-electron chi connectivity index (χ0n) is 9.63. The molecule has 0 aliphatic heterocycles. The predicted octanol–water partition coefficient (Wildman–Crippen LogP) is 1.82. The lowest BCUT2D eigenvalue weighted by atomic mass is 9.95. The molecule has 1 rings (SSSR count). The van der Waals surface area contributed by atoms with Crippen molar-refractivity contribution in [2.24, 2.45) is 5.73 Å². The molecule has 3 nitrogen and oxygen atoms in total. The van der Waals surface area contributed by atoms with Crippen LogP contribution in [-0.4, -0.2) is 13.4 Å². The molecule has 0 bridgehead atoms. The third kappa shape index (κ3) is 2.02. The molecule has 15 heavy (non-hydrogen) atoms. The van der Waals surface area contributed by atoms with Crippen LogP contribution in [0.1, 0.15) is 28.3 Å². The largest absolute Gasteiger partial charge is 0.496 e. The SMILES string of the molecule is COc1c(C)c(C)cc(C)c1C(N)C=O. The number of methoxy groups -OCH3 is 1. The first-order chi connectivity index (χ1) is 7.02. The molecule has 3 heteroatoms. The van der Waals surface area contributed by atoms with Crippen molar-refractivity contribution in [2.75, 3.05) is 7.11 Å². The fraction of sp³-hybridized carbons (Fsp3) is 0.417. The Hall–Kier alpha value is -1.35. The number of benzene rings is 1. The quantitative estimate of drug-likeness (QED) is 0.769. The van der Waals surface area contributed by atoms with Crippen LogP contribution in [-0.2, 0) is 4.79 Å². The number of rotatable bonds is 3. The molecule has 0 aliphatic rings. The summed E-state index contributed by atoms with van der Waals surface area (Å²) in [6.07, 6.45) is 0.736. The van der Waals surface area contributed by atoms with E-state index < -0.39 is 6.04 Å². The van der Waals surface area contributed by atoms with Gasteiger partial charge in [-0.15, -0.1) is 0 Å². The van der Waals surface area contributed by atoms with Crippen LogP contribution >= 0.6 is 0 Å². The maximum absolute atomic E-state index is 10.7. The van der Waals surface area contributed by atoms with Gasteiger partial charge in [0.1, 0.15) is 12.0 Å². The summed E-state index contributed by atoms with van der Waals surface area (Å²) in [6.45, 7) is 5.92. The second-order valence-electron chi connectivity index (χ2n) is 3.74. The molecule has 0 saturated heterocycles. The summed E-state index contributed by atoms with van der Waals surface area (Å²) in [4.78, 5) is 10.7. The van der Waals surface area contributed by atoms with Crippen molar-refractivity contribution in [1.82, 2.24) is 0 Å². The number of carbonyl (C=O) groups excluding carboxylic acids is 1. The average molecular weight is 207 g/mol. The van der Waals surface area contributed by atoms with Crippen molar-refractivity contribution in [2.45, 2.75) is 26.8 Å². The van der Waals surface area contributed by atoms with Gasteiger partial charge in [-0.1, -0.05) is 6.07 Å². The van der Waals surface area contributed by atoms with E-state index in [4.69, 9.17) is 10.5 Å². The van der Waals surface area contributed by atoms with E-state index in [0.29, 0.717) is 0 Å². The van der Waals surface area contributed by atoms with Gasteiger partial charge in [0.05, 0.1) is 13.2 Å². The monoisotopic (exact) mass is 207 g/mol. The van der Waals surface area contributed by atoms with Crippen LogP contribution in [0.25, 0.3) is 0 Å². The molecule has 0 spiro atoms. The van der Waals surface area contributed by atoms with Gasteiger partial charge in [0.2, 0.25) is 0 Å². The summed E-state index contributed by atoms with van der Waals surface area (Å²) in [5, 5.41) is 0. The van der Waals surface area contributed by atoms with Gasteiger partial charge < -0.3 is 15.3 Å². The summed E-state index contributed by atoms with van der Waals surface area (Å²) >= 11 is 0. The molecule has 82 valence electrons. The van der Waals surface area contributed by atoms with E-state index in [1.807, 2.05) is 26.8 Å². The van der Waals surface area contributed by atoms with Crippen LogP contribution in [0.2, 0.25) is 0 Å². The molecule has 1 atom stereocenters. The summed E-state index contributed by atoms with van der Waals surface area (Å²) < 4.78 is 5.32.